The SMILES string of the molecule is COc1ccc2c3c1c1c(n3CCC2)CCNCC1. The number of aromatic nitrogens is 1. The Kier molecular flexibility index (Phi) is 2.55. The molecular weight excluding hydrogens is 236 g/mol. The van der Waals surface area contributed by atoms with E-state index in [1.54, 1.807) is 12.8 Å². The second kappa shape index (κ2) is 4.27. The van der Waals surface area contributed by atoms with E-state index in [0.29, 0.717) is 0 Å². The second-order valence-corrected chi connectivity index (χ2v) is 5.58. The molecule has 2 aromatic rings. The van der Waals surface area contributed by atoms with E-state index in [1.807, 2.05) is 0 Å². The van der Waals surface area contributed by atoms with Gasteiger partial charge in [0.2, 0.25) is 0 Å². The fraction of sp³-hybridized carbons (Fsp3) is 0.500. The van der Waals surface area contributed by atoms with Crippen molar-refractivity contribution in [1.82, 2.24) is 9.88 Å². The largest absolute Gasteiger partial charge is 0.496 e. The molecule has 3 heteroatoms. The molecule has 0 aliphatic carbocycles. The van der Waals surface area contributed by atoms with Gasteiger partial charge in [0.05, 0.1) is 12.6 Å². The number of nitrogens with zero attached hydrogens (tertiary/aromatic N) is 1. The van der Waals surface area contributed by atoms with E-state index >= 15 is 0 Å². The van der Waals surface area contributed by atoms with Crippen LogP contribution in [0.4, 0.5) is 0 Å². The Morgan fingerprint density at radius 2 is 2.05 bits per heavy atom. The minimum Gasteiger partial charge on any atom is -0.496 e. The first-order valence-electron chi connectivity index (χ1n) is 7.30. The minimum atomic E-state index is 1.05. The van der Waals surface area contributed by atoms with Gasteiger partial charge in [0, 0.05) is 30.6 Å². The van der Waals surface area contributed by atoms with Gasteiger partial charge in [0.25, 0.3) is 0 Å². The summed E-state index contributed by atoms with van der Waals surface area (Å²) in [7, 11) is 1.79. The molecule has 0 spiro atoms. The molecular formula is C16H20N2O. The maximum Gasteiger partial charge on any atom is 0.128 e. The highest BCUT2D eigenvalue weighted by Crippen LogP contribution is 2.39. The van der Waals surface area contributed by atoms with Gasteiger partial charge in [0.15, 0.2) is 0 Å². The molecule has 3 heterocycles. The summed E-state index contributed by atoms with van der Waals surface area (Å²) >= 11 is 0. The summed E-state index contributed by atoms with van der Waals surface area (Å²) in [5.74, 6) is 1.05. The Morgan fingerprint density at radius 3 is 2.95 bits per heavy atom. The molecule has 2 aliphatic heterocycles. The smallest absolute Gasteiger partial charge is 0.128 e. The summed E-state index contributed by atoms with van der Waals surface area (Å²) in [6, 6.07) is 4.42. The Labute approximate surface area is 113 Å². The van der Waals surface area contributed by atoms with Gasteiger partial charge in [0.1, 0.15) is 5.75 Å². The first-order chi connectivity index (χ1) is 9.40. The van der Waals surface area contributed by atoms with Gasteiger partial charge in [-0.15, -0.1) is 0 Å². The molecule has 3 nitrogen and oxygen atoms in total. The van der Waals surface area contributed by atoms with E-state index < -0.39 is 0 Å². The molecule has 1 aromatic carbocycles. The fourth-order valence-electron chi connectivity index (χ4n) is 3.80. The standard InChI is InChI=1S/C16H20N2O/c1-19-14-5-4-11-3-2-10-18-13-7-9-17-8-6-12(13)15(14)16(11)18/h4-5,17H,2-3,6-10H2,1H3. The molecule has 0 saturated carbocycles. The average molecular weight is 256 g/mol. The molecule has 0 atom stereocenters. The summed E-state index contributed by atoms with van der Waals surface area (Å²) < 4.78 is 8.21. The molecule has 1 aromatic heterocycles. The van der Waals surface area contributed by atoms with Crippen molar-refractivity contribution in [1.29, 1.82) is 0 Å². The molecule has 4 rings (SSSR count). The van der Waals surface area contributed by atoms with Crippen molar-refractivity contribution in [2.75, 3.05) is 20.2 Å². The summed E-state index contributed by atoms with van der Waals surface area (Å²) in [6.07, 6.45) is 4.75. The maximum atomic E-state index is 5.64. The van der Waals surface area contributed by atoms with Crippen LogP contribution in [0.3, 0.4) is 0 Å². The summed E-state index contributed by atoms with van der Waals surface area (Å²) in [5.41, 5.74) is 6.03. The Bertz CT molecular complexity index is 642. The number of aryl methyl sites for hydroxylation is 2. The highest BCUT2D eigenvalue weighted by molar-refractivity contribution is 5.94. The van der Waals surface area contributed by atoms with Gasteiger partial charge in [-0.05, 0) is 43.0 Å². The van der Waals surface area contributed by atoms with Crippen LogP contribution in [0.15, 0.2) is 12.1 Å². The lowest BCUT2D eigenvalue weighted by molar-refractivity contribution is 0.419. The molecule has 1 N–H and O–H groups in total. The van der Waals surface area contributed by atoms with Gasteiger partial charge < -0.3 is 14.6 Å². The van der Waals surface area contributed by atoms with Crippen LogP contribution in [0.2, 0.25) is 0 Å². The lowest BCUT2D eigenvalue weighted by Crippen LogP contribution is -2.18. The average Bonchev–Trinajstić information content (AvgIpc) is 2.64. The number of fused-ring (bicyclic) bond motifs is 3. The number of hydrogen-bond donors (Lipinski definition) is 1. The molecule has 19 heavy (non-hydrogen) atoms. The van der Waals surface area contributed by atoms with E-state index in [4.69, 9.17) is 4.74 Å². The van der Waals surface area contributed by atoms with Crippen molar-refractivity contribution in [2.24, 2.45) is 0 Å². The van der Waals surface area contributed by atoms with Crippen LogP contribution in [0.1, 0.15) is 23.2 Å². The van der Waals surface area contributed by atoms with Crippen LogP contribution < -0.4 is 10.1 Å². The zero-order valence-corrected chi connectivity index (χ0v) is 11.5. The van der Waals surface area contributed by atoms with E-state index in [-0.39, 0.29) is 0 Å². The van der Waals surface area contributed by atoms with Crippen molar-refractivity contribution >= 4 is 10.9 Å². The molecule has 0 bridgehead atoms. The highest BCUT2D eigenvalue weighted by atomic mass is 16.5. The molecule has 0 fully saturated rings. The lowest BCUT2D eigenvalue weighted by atomic mass is 10.0. The van der Waals surface area contributed by atoms with Gasteiger partial charge >= 0.3 is 0 Å². The van der Waals surface area contributed by atoms with E-state index in [1.165, 1.54) is 41.4 Å². The highest BCUT2D eigenvalue weighted by Gasteiger charge is 2.25. The molecule has 0 radical (unpaired) electrons. The van der Waals surface area contributed by atoms with E-state index in [2.05, 4.69) is 22.0 Å². The van der Waals surface area contributed by atoms with Crippen LogP contribution in [-0.2, 0) is 25.8 Å². The van der Waals surface area contributed by atoms with Gasteiger partial charge in [-0.1, -0.05) is 6.07 Å². The van der Waals surface area contributed by atoms with Crippen LogP contribution in [-0.4, -0.2) is 24.8 Å². The summed E-state index contributed by atoms with van der Waals surface area (Å²) in [6.45, 7) is 3.35. The number of benzene rings is 1. The quantitative estimate of drug-likeness (QED) is 0.847. The molecule has 0 unspecified atom stereocenters. The number of rotatable bonds is 1. The van der Waals surface area contributed by atoms with Crippen LogP contribution >= 0.6 is 0 Å². The van der Waals surface area contributed by atoms with Crippen molar-refractivity contribution in [3.8, 4) is 5.75 Å². The lowest BCUT2D eigenvalue weighted by Gasteiger charge is -2.18. The second-order valence-electron chi connectivity index (χ2n) is 5.58. The van der Waals surface area contributed by atoms with Crippen molar-refractivity contribution in [2.45, 2.75) is 32.2 Å². The number of hydrogen-bond acceptors (Lipinski definition) is 2. The summed E-state index contributed by atoms with van der Waals surface area (Å²) in [4.78, 5) is 0. The first kappa shape index (κ1) is 11.4. The van der Waals surface area contributed by atoms with E-state index in [0.717, 1.165) is 31.7 Å². The minimum absolute atomic E-state index is 1.05. The predicted octanol–water partition coefficient (Wildman–Crippen LogP) is 2.28. The third-order valence-electron chi connectivity index (χ3n) is 4.61. The number of methoxy groups -OCH3 is 1. The van der Waals surface area contributed by atoms with Crippen LogP contribution in [0.5, 0.6) is 5.75 Å². The predicted molar refractivity (Wildman–Crippen MR) is 77.1 cm³/mol. The topological polar surface area (TPSA) is 26.2 Å². The maximum absolute atomic E-state index is 5.64. The van der Waals surface area contributed by atoms with Crippen molar-refractivity contribution < 1.29 is 4.74 Å². The summed E-state index contributed by atoms with van der Waals surface area (Å²) in [5, 5.41) is 4.90. The normalized spacial score (nSPS) is 18.2. The van der Waals surface area contributed by atoms with Gasteiger partial charge in [-0.3, -0.25) is 0 Å². The third kappa shape index (κ3) is 1.54. The molecule has 100 valence electrons. The molecule has 0 amide bonds. The van der Waals surface area contributed by atoms with Crippen LogP contribution in [0, 0.1) is 0 Å². The van der Waals surface area contributed by atoms with Crippen molar-refractivity contribution in [3.05, 3.63) is 29.0 Å². The van der Waals surface area contributed by atoms with Crippen LogP contribution in [0.25, 0.3) is 10.9 Å². The first-order valence-corrected chi connectivity index (χ1v) is 7.30. The third-order valence-corrected chi connectivity index (χ3v) is 4.61. The molecule has 0 saturated heterocycles. The zero-order valence-electron chi connectivity index (χ0n) is 11.5. The number of ether oxygens (including phenoxy) is 1. The Morgan fingerprint density at radius 1 is 1.16 bits per heavy atom. The Balaban J connectivity index is 2.11. The van der Waals surface area contributed by atoms with Gasteiger partial charge in [-0.2, -0.15) is 0 Å². The fourth-order valence-corrected chi connectivity index (χ4v) is 3.80. The Hall–Kier alpha value is -1.48. The zero-order chi connectivity index (χ0) is 12.8. The van der Waals surface area contributed by atoms with E-state index in [9.17, 15) is 0 Å². The molecule has 2 aliphatic rings. The monoisotopic (exact) mass is 256 g/mol. The van der Waals surface area contributed by atoms with Crippen molar-refractivity contribution in [3.63, 3.8) is 0 Å². The van der Waals surface area contributed by atoms with Gasteiger partial charge in [-0.25, -0.2) is 0 Å². The number of nitrogens with one attached hydrogen (secondary N) is 1.